The summed E-state index contributed by atoms with van der Waals surface area (Å²) in [4.78, 5) is 24.4. The van der Waals surface area contributed by atoms with E-state index in [1.54, 1.807) is 6.33 Å². The molecule has 1 amide bonds. The van der Waals surface area contributed by atoms with Gasteiger partial charge in [-0.1, -0.05) is 29.3 Å². The lowest BCUT2D eigenvalue weighted by Crippen LogP contribution is -2.13. The van der Waals surface area contributed by atoms with Crippen LogP contribution in [-0.4, -0.2) is 25.4 Å². The van der Waals surface area contributed by atoms with Crippen LogP contribution in [0.15, 0.2) is 49.2 Å². The number of pyridine rings is 1. The molecule has 136 valence electrons. The predicted octanol–water partition coefficient (Wildman–Crippen LogP) is 4.33. The van der Waals surface area contributed by atoms with Crippen LogP contribution in [-0.2, 0) is 6.54 Å². The zero-order chi connectivity index (χ0) is 19.0. The van der Waals surface area contributed by atoms with Crippen LogP contribution in [0.3, 0.4) is 0 Å². The second-order valence-electron chi connectivity index (χ2n) is 6.51. The number of carbonyl (C=O) groups excluding carboxylic acids is 1. The highest BCUT2D eigenvalue weighted by Gasteiger charge is 2.18. The number of H-pyrrole nitrogens is 1. The number of aromatic nitrogens is 4. The minimum atomic E-state index is -0.280. The summed E-state index contributed by atoms with van der Waals surface area (Å²) in [6.45, 7) is 4.53. The minimum absolute atomic E-state index is 0.280. The Morgan fingerprint density at radius 2 is 2.00 bits per heavy atom. The molecule has 6 nitrogen and oxygen atoms in total. The van der Waals surface area contributed by atoms with Gasteiger partial charge < -0.3 is 14.9 Å². The number of hydrogen-bond acceptors (Lipinski definition) is 3. The van der Waals surface area contributed by atoms with Crippen LogP contribution in [0, 0.1) is 13.8 Å². The molecular formula is C20H18ClN5O. The molecule has 3 heterocycles. The first-order valence-electron chi connectivity index (χ1n) is 8.52. The average Bonchev–Trinajstić information content (AvgIpc) is 3.26. The van der Waals surface area contributed by atoms with Gasteiger partial charge in [0, 0.05) is 29.7 Å². The zero-order valence-electron chi connectivity index (χ0n) is 15.0. The van der Waals surface area contributed by atoms with Crippen LogP contribution < -0.4 is 5.32 Å². The Morgan fingerprint density at radius 3 is 2.70 bits per heavy atom. The molecule has 0 aliphatic rings. The van der Waals surface area contributed by atoms with Crippen molar-refractivity contribution in [3.05, 3.63) is 76.6 Å². The Hall–Kier alpha value is -3.12. The van der Waals surface area contributed by atoms with Crippen molar-refractivity contribution >= 4 is 34.2 Å². The van der Waals surface area contributed by atoms with Crippen molar-refractivity contribution in [3.63, 3.8) is 0 Å². The maximum absolute atomic E-state index is 12.7. The van der Waals surface area contributed by atoms with Crippen molar-refractivity contribution in [1.29, 1.82) is 0 Å². The van der Waals surface area contributed by atoms with Gasteiger partial charge in [-0.2, -0.15) is 0 Å². The summed E-state index contributed by atoms with van der Waals surface area (Å²) >= 11 is 6.59. The third-order valence-corrected chi connectivity index (χ3v) is 4.85. The highest BCUT2D eigenvalue weighted by atomic mass is 35.5. The smallest absolute Gasteiger partial charge is 0.258 e. The molecule has 0 radical (unpaired) electrons. The average molecular weight is 380 g/mol. The highest BCUT2D eigenvalue weighted by molar-refractivity contribution is 6.39. The number of hydrogen-bond donors (Lipinski definition) is 2. The van der Waals surface area contributed by atoms with Gasteiger partial charge in [-0.3, -0.25) is 4.79 Å². The van der Waals surface area contributed by atoms with Crippen molar-refractivity contribution in [2.24, 2.45) is 0 Å². The molecule has 0 saturated heterocycles. The summed E-state index contributed by atoms with van der Waals surface area (Å²) in [5.41, 5.74) is 4.78. The Morgan fingerprint density at radius 1 is 1.22 bits per heavy atom. The molecular weight excluding hydrogens is 362 g/mol. The molecule has 4 rings (SSSR count). The van der Waals surface area contributed by atoms with Gasteiger partial charge in [0.1, 0.15) is 5.65 Å². The quantitative estimate of drug-likeness (QED) is 0.554. The summed E-state index contributed by atoms with van der Waals surface area (Å²) in [5, 5.41) is 4.06. The largest absolute Gasteiger partial charge is 0.351 e. The number of rotatable bonds is 4. The molecule has 0 atom stereocenters. The number of nitrogens with one attached hydrogen (secondary N) is 2. The van der Waals surface area contributed by atoms with E-state index in [1.807, 2.05) is 55.1 Å². The fourth-order valence-electron chi connectivity index (χ4n) is 3.07. The fraction of sp³-hybridized carbons (Fsp3) is 0.150. The van der Waals surface area contributed by atoms with Gasteiger partial charge in [0.2, 0.25) is 0 Å². The first-order valence-corrected chi connectivity index (χ1v) is 8.90. The van der Waals surface area contributed by atoms with Crippen molar-refractivity contribution in [2.75, 3.05) is 5.32 Å². The number of carbonyl (C=O) groups is 1. The molecule has 0 bridgehead atoms. The lowest BCUT2D eigenvalue weighted by molar-refractivity contribution is 0.102. The van der Waals surface area contributed by atoms with Gasteiger partial charge in [0.05, 0.1) is 29.2 Å². The van der Waals surface area contributed by atoms with E-state index in [0.717, 1.165) is 33.5 Å². The number of benzene rings is 1. The van der Waals surface area contributed by atoms with E-state index in [9.17, 15) is 4.79 Å². The number of fused-ring (bicyclic) bond motifs is 1. The molecule has 0 aliphatic heterocycles. The first kappa shape index (κ1) is 17.3. The van der Waals surface area contributed by atoms with E-state index < -0.39 is 0 Å². The molecule has 7 heteroatoms. The summed E-state index contributed by atoms with van der Waals surface area (Å²) in [6.07, 6.45) is 6.97. The molecule has 27 heavy (non-hydrogen) atoms. The van der Waals surface area contributed by atoms with Gasteiger partial charge >= 0.3 is 0 Å². The van der Waals surface area contributed by atoms with E-state index in [1.165, 1.54) is 6.20 Å². The third kappa shape index (κ3) is 3.31. The van der Waals surface area contributed by atoms with Gasteiger partial charge in [-0.25, -0.2) is 9.97 Å². The number of imidazole rings is 1. The normalized spacial score (nSPS) is 11.1. The number of amides is 1. The van der Waals surface area contributed by atoms with Crippen LogP contribution in [0.1, 0.15) is 27.2 Å². The summed E-state index contributed by atoms with van der Waals surface area (Å²) < 4.78 is 1.98. The van der Waals surface area contributed by atoms with Crippen LogP contribution in [0.4, 0.5) is 5.69 Å². The van der Waals surface area contributed by atoms with E-state index in [4.69, 9.17) is 11.6 Å². The van der Waals surface area contributed by atoms with Crippen LogP contribution in [0.5, 0.6) is 0 Å². The van der Waals surface area contributed by atoms with E-state index in [0.29, 0.717) is 17.1 Å². The molecule has 3 aromatic heterocycles. The maximum Gasteiger partial charge on any atom is 0.258 e. The number of anilines is 1. The molecule has 4 aromatic rings. The number of aryl methyl sites for hydroxylation is 2. The first-order chi connectivity index (χ1) is 13.0. The Balaban J connectivity index is 1.68. The van der Waals surface area contributed by atoms with Crippen LogP contribution in [0.2, 0.25) is 5.02 Å². The Labute approximate surface area is 161 Å². The van der Waals surface area contributed by atoms with E-state index >= 15 is 0 Å². The number of halogens is 1. The molecule has 0 saturated carbocycles. The van der Waals surface area contributed by atoms with Crippen LogP contribution >= 0.6 is 11.6 Å². The van der Waals surface area contributed by atoms with Crippen LogP contribution in [0.25, 0.3) is 11.0 Å². The van der Waals surface area contributed by atoms with Crippen molar-refractivity contribution in [2.45, 2.75) is 20.4 Å². The Kier molecular flexibility index (Phi) is 4.41. The number of nitrogens with zero attached hydrogens (tertiary/aromatic N) is 3. The van der Waals surface area contributed by atoms with Crippen molar-refractivity contribution < 1.29 is 4.79 Å². The molecule has 1 aromatic carbocycles. The predicted molar refractivity (Wildman–Crippen MR) is 106 cm³/mol. The summed E-state index contributed by atoms with van der Waals surface area (Å²) in [5.74, 6) is -0.280. The van der Waals surface area contributed by atoms with Gasteiger partial charge in [0.25, 0.3) is 5.91 Å². The van der Waals surface area contributed by atoms with Crippen molar-refractivity contribution in [3.8, 4) is 0 Å². The molecule has 2 N–H and O–H groups in total. The van der Waals surface area contributed by atoms with Gasteiger partial charge in [0.15, 0.2) is 0 Å². The fourth-order valence-corrected chi connectivity index (χ4v) is 3.44. The minimum Gasteiger partial charge on any atom is -0.351 e. The number of aromatic amines is 1. The molecule has 0 aliphatic carbocycles. The zero-order valence-corrected chi connectivity index (χ0v) is 15.7. The lowest BCUT2D eigenvalue weighted by atomic mass is 10.1. The highest BCUT2D eigenvalue weighted by Crippen LogP contribution is 2.30. The van der Waals surface area contributed by atoms with E-state index in [-0.39, 0.29) is 5.91 Å². The lowest BCUT2D eigenvalue weighted by Gasteiger charge is -2.09. The topological polar surface area (TPSA) is 75.6 Å². The second kappa shape index (κ2) is 6.89. The van der Waals surface area contributed by atoms with Crippen molar-refractivity contribution in [1.82, 2.24) is 19.5 Å². The third-order valence-electron chi connectivity index (χ3n) is 4.45. The maximum atomic E-state index is 12.7. The standard InChI is InChI=1S/C20H18ClN5O/c1-12-3-5-14(6-4-12)25-20(27)16-8-23-19-17(18(16)21)13(2)9-26(19)10-15-7-22-11-24-15/h3-9,11H,10H2,1-2H3,(H,22,24)(H,25,27). The van der Waals surface area contributed by atoms with Gasteiger partial charge in [-0.05, 0) is 31.5 Å². The van der Waals surface area contributed by atoms with Gasteiger partial charge in [-0.15, -0.1) is 0 Å². The van der Waals surface area contributed by atoms with E-state index in [2.05, 4.69) is 20.3 Å². The summed E-state index contributed by atoms with van der Waals surface area (Å²) in [7, 11) is 0. The molecule has 0 spiro atoms. The SMILES string of the molecule is Cc1ccc(NC(=O)c2cnc3c(c(C)cn3Cc3c[nH]cn3)c2Cl)cc1. The Bertz CT molecular complexity index is 1110. The molecule has 0 unspecified atom stereocenters. The molecule has 0 fully saturated rings. The monoisotopic (exact) mass is 379 g/mol. The summed E-state index contributed by atoms with van der Waals surface area (Å²) in [6, 6.07) is 7.60. The second-order valence-corrected chi connectivity index (χ2v) is 6.88.